The number of ether oxygens (including phenoxy) is 4. The van der Waals surface area contributed by atoms with Crippen LogP contribution in [0.15, 0.2) is 42.5 Å². The number of rotatable bonds is 8. The molecular weight excluding hydrogens is 596 g/mol. The average Bonchev–Trinajstić information content (AvgIpc) is 2.97. The van der Waals surface area contributed by atoms with Crippen LogP contribution < -0.4 is 4.74 Å². The van der Waals surface area contributed by atoms with E-state index in [1.54, 1.807) is 0 Å². The summed E-state index contributed by atoms with van der Waals surface area (Å²) in [6.45, 7) is -0.856. The Bertz CT molecular complexity index is 1560. The first-order valence-electron chi connectivity index (χ1n) is 12.3. The van der Waals surface area contributed by atoms with Crippen molar-refractivity contribution in [2.45, 2.75) is 30.7 Å². The molecule has 44 heavy (non-hydrogen) atoms. The van der Waals surface area contributed by atoms with Crippen LogP contribution in [0.5, 0.6) is 46.0 Å². The van der Waals surface area contributed by atoms with Crippen LogP contribution in [0.25, 0.3) is 0 Å². The minimum atomic E-state index is -2.07. The van der Waals surface area contributed by atoms with Gasteiger partial charge in [0.25, 0.3) is 0 Å². The highest BCUT2D eigenvalue weighted by molar-refractivity contribution is 5.92. The molecule has 4 rings (SSSR count). The first kappa shape index (κ1) is 31.3. The third-order valence-corrected chi connectivity index (χ3v) is 6.31. The van der Waals surface area contributed by atoms with E-state index in [1.165, 1.54) is 0 Å². The van der Waals surface area contributed by atoms with Gasteiger partial charge in [0, 0.05) is 0 Å². The second kappa shape index (κ2) is 12.3. The minimum Gasteiger partial charge on any atom is -0.508 e. The van der Waals surface area contributed by atoms with E-state index in [2.05, 4.69) is 0 Å². The molecule has 5 atom stereocenters. The molecule has 0 unspecified atom stereocenters. The third-order valence-electron chi connectivity index (χ3n) is 6.31. The molecule has 10 N–H and O–H groups in total. The van der Waals surface area contributed by atoms with Gasteiger partial charge in [-0.3, -0.25) is 0 Å². The van der Waals surface area contributed by atoms with Crippen molar-refractivity contribution in [2.75, 3.05) is 6.61 Å². The molecule has 0 bridgehead atoms. The van der Waals surface area contributed by atoms with Crippen molar-refractivity contribution in [2.24, 2.45) is 0 Å². The summed E-state index contributed by atoms with van der Waals surface area (Å²) in [6, 6.07) is 5.83. The first-order chi connectivity index (χ1) is 20.7. The number of aliphatic hydroxyl groups excluding tert-OH is 2. The highest BCUT2D eigenvalue weighted by Gasteiger charge is 2.49. The van der Waals surface area contributed by atoms with Crippen LogP contribution in [0.3, 0.4) is 0 Å². The smallest absolute Gasteiger partial charge is 0.339 e. The van der Waals surface area contributed by atoms with E-state index < -0.39 is 118 Å². The van der Waals surface area contributed by atoms with Gasteiger partial charge in [-0.15, -0.1) is 0 Å². The van der Waals surface area contributed by atoms with Crippen molar-refractivity contribution in [3.8, 4) is 46.0 Å². The van der Waals surface area contributed by atoms with E-state index in [0.29, 0.717) is 12.1 Å². The standard InChI is InChI=1S/C27H24O17/c28-11-1-2-17(12(7-11)24(37)38)42-27-22(36)23(44-26(40)10-5-15(31)20(34)16(32)6-10)21(35)18(43-27)8-41-25(39)9-3-13(29)19(33)14(30)4-9/h1-7,18,21-23,27-36H,8H2,(H,37,38)/t18-,21-,22-,23+,27-/m1/s1. The Balaban J connectivity index is 1.62. The molecule has 1 heterocycles. The minimum absolute atomic E-state index is 0.443. The van der Waals surface area contributed by atoms with Crippen molar-refractivity contribution in [1.82, 2.24) is 0 Å². The predicted molar refractivity (Wildman–Crippen MR) is 139 cm³/mol. The number of phenols is 7. The molecule has 17 nitrogen and oxygen atoms in total. The zero-order valence-electron chi connectivity index (χ0n) is 22.0. The van der Waals surface area contributed by atoms with Crippen LogP contribution in [0.4, 0.5) is 0 Å². The van der Waals surface area contributed by atoms with E-state index in [4.69, 9.17) is 18.9 Å². The van der Waals surface area contributed by atoms with Crippen molar-refractivity contribution in [3.63, 3.8) is 0 Å². The van der Waals surface area contributed by atoms with Gasteiger partial charge < -0.3 is 70.0 Å². The number of carboxylic acid groups (broad SMARTS) is 1. The van der Waals surface area contributed by atoms with Gasteiger partial charge in [0.2, 0.25) is 6.29 Å². The van der Waals surface area contributed by atoms with Crippen LogP contribution in [-0.2, 0) is 14.2 Å². The second-order valence-electron chi connectivity index (χ2n) is 9.32. The fraction of sp³-hybridized carbons (Fsp3) is 0.222. The number of aliphatic hydroxyl groups is 2. The van der Waals surface area contributed by atoms with Crippen LogP contribution >= 0.6 is 0 Å². The SMILES string of the molecule is O=C(OC[C@H]1O[C@@H](Oc2ccc(O)cc2C(=O)O)[C@H](O)[C@@H](OC(=O)c2cc(O)c(O)c(O)c2)[C@@H]1O)c1cc(O)c(O)c(O)c1. The average molecular weight is 620 g/mol. The number of aromatic hydroxyl groups is 7. The molecule has 3 aromatic rings. The van der Waals surface area contributed by atoms with Crippen molar-refractivity contribution in [1.29, 1.82) is 0 Å². The summed E-state index contributed by atoms with van der Waals surface area (Å²) in [5.41, 5.74) is -1.56. The van der Waals surface area contributed by atoms with Gasteiger partial charge in [0.1, 0.15) is 35.9 Å². The van der Waals surface area contributed by atoms with E-state index in [9.17, 15) is 65.4 Å². The molecule has 0 saturated carbocycles. The number of carboxylic acids is 1. The third kappa shape index (κ3) is 6.38. The molecular formula is C27H24O17. The quantitative estimate of drug-likeness (QED) is 0.119. The Morgan fingerprint density at radius 3 is 1.77 bits per heavy atom. The molecule has 0 spiro atoms. The number of benzene rings is 3. The number of hydrogen-bond donors (Lipinski definition) is 10. The number of phenolic OH excluding ortho intramolecular Hbond substituents is 7. The molecule has 1 aliphatic heterocycles. The summed E-state index contributed by atoms with van der Waals surface area (Å²) in [5, 5.41) is 98.8. The summed E-state index contributed by atoms with van der Waals surface area (Å²) >= 11 is 0. The Labute approximate surface area is 245 Å². The molecule has 234 valence electrons. The van der Waals surface area contributed by atoms with Gasteiger partial charge in [-0.25, -0.2) is 14.4 Å². The molecule has 0 aromatic heterocycles. The Morgan fingerprint density at radius 2 is 1.25 bits per heavy atom. The summed E-state index contributed by atoms with van der Waals surface area (Å²) < 4.78 is 21.2. The van der Waals surface area contributed by atoms with Crippen molar-refractivity contribution < 1.29 is 84.4 Å². The monoisotopic (exact) mass is 620 g/mol. The lowest BCUT2D eigenvalue weighted by atomic mass is 9.98. The predicted octanol–water partition coefficient (Wildman–Crippen LogP) is 0.232. The van der Waals surface area contributed by atoms with Gasteiger partial charge in [-0.1, -0.05) is 0 Å². The normalized spacial score (nSPS) is 21.3. The summed E-state index contributed by atoms with van der Waals surface area (Å²) in [7, 11) is 0. The maximum Gasteiger partial charge on any atom is 0.339 e. The zero-order valence-corrected chi connectivity index (χ0v) is 22.0. The number of aromatic carboxylic acids is 1. The van der Waals surface area contributed by atoms with Crippen LogP contribution in [-0.4, -0.2) is 106 Å². The highest BCUT2D eigenvalue weighted by atomic mass is 16.7. The van der Waals surface area contributed by atoms with Gasteiger partial charge in [0.05, 0.1) is 11.1 Å². The molecule has 17 heteroatoms. The first-order valence-corrected chi connectivity index (χ1v) is 12.3. The maximum absolute atomic E-state index is 12.8. The molecule has 1 fully saturated rings. The lowest BCUT2D eigenvalue weighted by Crippen LogP contribution is -2.61. The van der Waals surface area contributed by atoms with Crippen LogP contribution in [0.2, 0.25) is 0 Å². The lowest BCUT2D eigenvalue weighted by molar-refractivity contribution is -0.276. The van der Waals surface area contributed by atoms with E-state index in [-0.39, 0.29) is 0 Å². The van der Waals surface area contributed by atoms with Crippen molar-refractivity contribution >= 4 is 17.9 Å². The molecule has 1 aliphatic rings. The van der Waals surface area contributed by atoms with Crippen LogP contribution in [0.1, 0.15) is 31.1 Å². The van der Waals surface area contributed by atoms with Gasteiger partial charge >= 0.3 is 17.9 Å². The van der Waals surface area contributed by atoms with Gasteiger partial charge in [0.15, 0.2) is 46.7 Å². The Morgan fingerprint density at radius 1 is 0.727 bits per heavy atom. The van der Waals surface area contributed by atoms with E-state index in [0.717, 1.165) is 30.3 Å². The summed E-state index contributed by atoms with van der Waals surface area (Å²) in [6.07, 6.45) is -9.61. The van der Waals surface area contributed by atoms with E-state index >= 15 is 0 Å². The Hall–Kier alpha value is -5.65. The Kier molecular flexibility index (Phi) is 8.74. The molecule has 3 aromatic carbocycles. The molecule has 0 amide bonds. The van der Waals surface area contributed by atoms with Crippen LogP contribution in [0, 0.1) is 0 Å². The number of esters is 2. The zero-order chi connectivity index (χ0) is 32.5. The molecule has 1 saturated heterocycles. The van der Waals surface area contributed by atoms with E-state index in [1.807, 2.05) is 0 Å². The van der Waals surface area contributed by atoms with Gasteiger partial charge in [-0.05, 0) is 42.5 Å². The number of hydrogen-bond acceptors (Lipinski definition) is 16. The van der Waals surface area contributed by atoms with Crippen molar-refractivity contribution in [3.05, 3.63) is 59.2 Å². The number of carbonyl (C=O) groups is 3. The number of carbonyl (C=O) groups excluding carboxylic acids is 2. The highest BCUT2D eigenvalue weighted by Crippen LogP contribution is 2.37. The summed E-state index contributed by atoms with van der Waals surface area (Å²) in [5.74, 6) is -10.4. The second-order valence-corrected chi connectivity index (χ2v) is 9.32. The lowest BCUT2D eigenvalue weighted by Gasteiger charge is -2.41. The largest absolute Gasteiger partial charge is 0.508 e. The fourth-order valence-corrected chi connectivity index (χ4v) is 4.07. The summed E-state index contributed by atoms with van der Waals surface area (Å²) in [4.78, 5) is 37.0. The fourth-order valence-electron chi connectivity index (χ4n) is 4.07. The molecule has 0 radical (unpaired) electrons. The topological polar surface area (TPSA) is 290 Å². The van der Waals surface area contributed by atoms with Gasteiger partial charge in [-0.2, -0.15) is 0 Å². The maximum atomic E-state index is 12.8. The molecule has 0 aliphatic carbocycles.